The maximum absolute atomic E-state index is 12.2. The Bertz CT molecular complexity index is 1010. The maximum atomic E-state index is 12.2. The van der Waals surface area contributed by atoms with Crippen LogP contribution in [0.5, 0.6) is 5.88 Å². The fourth-order valence-corrected chi connectivity index (χ4v) is 3.07. The number of aromatic amines is 1. The summed E-state index contributed by atoms with van der Waals surface area (Å²) in [5, 5.41) is 9.05. The van der Waals surface area contributed by atoms with E-state index in [0.717, 1.165) is 11.0 Å². The lowest BCUT2D eigenvalue weighted by atomic mass is 10.3. The molecule has 1 saturated heterocycles. The van der Waals surface area contributed by atoms with Crippen molar-refractivity contribution >= 4 is 17.1 Å². The summed E-state index contributed by atoms with van der Waals surface area (Å²) < 4.78 is 12.7. The second-order valence-corrected chi connectivity index (χ2v) is 6.17. The average Bonchev–Trinajstić information content (AvgIpc) is 3.03. The zero-order valence-corrected chi connectivity index (χ0v) is 14.4. The Morgan fingerprint density at radius 2 is 2.19 bits per heavy atom. The van der Waals surface area contributed by atoms with Crippen molar-refractivity contribution in [2.24, 2.45) is 0 Å². The number of H-pyrrole nitrogens is 1. The summed E-state index contributed by atoms with van der Waals surface area (Å²) in [6.45, 7) is 1.16. The first-order chi connectivity index (χ1) is 13.1. The van der Waals surface area contributed by atoms with Gasteiger partial charge < -0.3 is 24.5 Å². The molecule has 1 aromatic carbocycles. The predicted octanol–water partition coefficient (Wildman–Crippen LogP) is 1.47. The molecule has 0 saturated carbocycles. The third kappa shape index (κ3) is 3.49. The number of hydrogen-bond acceptors (Lipinski definition) is 5. The van der Waals surface area contributed by atoms with E-state index in [-0.39, 0.29) is 24.9 Å². The topological polar surface area (TPSA) is 110 Å². The van der Waals surface area contributed by atoms with Gasteiger partial charge in [-0.05, 0) is 18.2 Å². The minimum absolute atomic E-state index is 0.198. The van der Waals surface area contributed by atoms with E-state index < -0.39 is 6.09 Å². The Morgan fingerprint density at radius 1 is 1.33 bits per heavy atom. The molecule has 1 amide bonds. The van der Waals surface area contributed by atoms with Crippen molar-refractivity contribution in [2.75, 3.05) is 26.3 Å². The van der Waals surface area contributed by atoms with E-state index in [1.165, 1.54) is 4.90 Å². The van der Waals surface area contributed by atoms with E-state index in [2.05, 4.69) is 9.97 Å². The van der Waals surface area contributed by atoms with Gasteiger partial charge in [-0.2, -0.15) is 0 Å². The number of nitrogens with zero attached hydrogens (tertiary/aromatic N) is 3. The van der Waals surface area contributed by atoms with Crippen molar-refractivity contribution in [3.8, 4) is 11.6 Å². The highest BCUT2D eigenvalue weighted by molar-refractivity contribution is 5.77. The lowest BCUT2D eigenvalue weighted by Gasteiger charge is -2.30. The van der Waals surface area contributed by atoms with Gasteiger partial charge in [0.25, 0.3) is 0 Å². The van der Waals surface area contributed by atoms with Crippen molar-refractivity contribution in [1.82, 2.24) is 19.4 Å². The highest BCUT2D eigenvalue weighted by Crippen LogP contribution is 2.17. The number of pyridine rings is 1. The summed E-state index contributed by atoms with van der Waals surface area (Å²) in [5.74, 6) is 0.377. The smallest absolute Gasteiger partial charge is 0.407 e. The van der Waals surface area contributed by atoms with Gasteiger partial charge in [0.05, 0.1) is 36.1 Å². The van der Waals surface area contributed by atoms with Crippen LogP contribution in [0.2, 0.25) is 0 Å². The van der Waals surface area contributed by atoms with Crippen LogP contribution in [0.4, 0.5) is 4.79 Å². The zero-order valence-electron chi connectivity index (χ0n) is 14.4. The molecule has 0 bridgehead atoms. The average molecular weight is 370 g/mol. The molecular formula is C18H18N4O5. The largest absolute Gasteiger partial charge is 0.475 e. The van der Waals surface area contributed by atoms with Gasteiger partial charge in [0.2, 0.25) is 5.88 Å². The molecule has 0 unspecified atom stereocenters. The zero-order chi connectivity index (χ0) is 18.8. The third-order valence-electron chi connectivity index (χ3n) is 4.39. The van der Waals surface area contributed by atoms with Gasteiger partial charge in [0.1, 0.15) is 12.7 Å². The first-order valence-electron chi connectivity index (χ1n) is 8.50. The summed E-state index contributed by atoms with van der Waals surface area (Å²) in [7, 11) is 0. The highest BCUT2D eigenvalue weighted by atomic mass is 16.5. The van der Waals surface area contributed by atoms with Crippen LogP contribution in [0.1, 0.15) is 0 Å². The molecule has 27 heavy (non-hydrogen) atoms. The molecule has 140 valence electrons. The van der Waals surface area contributed by atoms with Gasteiger partial charge in [0.15, 0.2) is 0 Å². The van der Waals surface area contributed by atoms with Crippen LogP contribution in [0.25, 0.3) is 16.7 Å². The van der Waals surface area contributed by atoms with Gasteiger partial charge in [0, 0.05) is 12.6 Å². The minimum atomic E-state index is -0.963. The quantitative estimate of drug-likeness (QED) is 0.720. The Hall–Kier alpha value is -3.33. The van der Waals surface area contributed by atoms with Crippen molar-refractivity contribution < 1.29 is 19.4 Å². The molecule has 4 rings (SSSR count). The number of morpholine rings is 1. The van der Waals surface area contributed by atoms with Crippen LogP contribution >= 0.6 is 0 Å². The number of amides is 1. The Balaban J connectivity index is 1.46. The number of benzene rings is 1. The Morgan fingerprint density at radius 3 is 2.96 bits per heavy atom. The van der Waals surface area contributed by atoms with Gasteiger partial charge >= 0.3 is 11.8 Å². The first kappa shape index (κ1) is 17.1. The number of ether oxygens (including phenoxy) is 2. The molecule has 9 nitrogen and oxygen atoms in total. The van der Waals surface area contributed by atoms with Crippen molar-refractivity contribution in [1.29, 1.82) is 0 Å². The summed E-state index contributed by atoms with van der Waals surface area (Å²) >= 11 is 0. The van der Waals surface area contributed by atoms with E-state index in [1.807, 2.05) is 24.3 Å². The van der Waals surface area contributed by atoms with Crippen LogP contribution in [-0.4, -0.2) is 63.0 Å². The lowest BCUT2D eigenvalue weighted by Crippen LogP contribution is -2.47. The third-order valence-corrected chi connectivity index (χ3v) is 4.39. The molecule has 2 aromatic heterocycles. The highest BCUT2D eigenvalue weighted by Gasteiger charge is 2.24. The lowest BCUT2D eigenvalue weighted by molar-refractivity contribution is -0.0418. The van der Waals surface area contributed by atoms with Gasteiger partial charge in [-0.3, -0.25) is 4.57 Å². The second kappa shape index (κ2) is 7.12. The van der Waals surface area contributed by atoms with E-state index in [1.54, 1.807) is 22.9 Å². The number of aromatic nitrogens is 3. The summed E-state index contributed by atoms with van der Waals surface area (Å²) in [6, 6.07) is 10.8. The number of hydrogen-bond donors (Lipinski definition) is 2. The summed E-state index contributed by atoms with van der Waals surface area (Å²) in [6.07, 6.45) is 0.255. The fraction of sp³-hybridized carbons (Fsp3) is 0.278. The number of fused-ring (bicyclic) bond motifs is 1. The van der Waals surface area contributed by atoms with Gasteiger partial charge in [-0.1, -0.05) is 12.1 Å². The predicted molar refractivity (Wildman–Crippen MR) is 96.5 cm³/mol. The van der Waals surface area contributed by atoms with E-state index >= 15 is 0 Å². The molecule has 1 aliphatic heterocycles. The van der Waals surface area contributed by atoms with Crippen LogP contribution < -0.4 is 10.4 Å². The molecule has 3 aromatic rings. The van der Waals surface area contributed by atoms with Crippen molar-refractivity contribution in [3.63, 3.8) is 0 Å². The monoisotopic (exact) mass is 370 g/mol. The molecule has 0 radical (unpaired) electrons. The minimum Gasteiger partial charge on any atom is -0.475 e. The molecule has 1 aliphatic rings. The van der Waals surface area contributed by atoms with E-state index in [4.69, 9.17) is 14.6 Å². The van der Waals surface area contributed by atoms with E-state index in [0.29, 0.717) is 24.7 Å². The van der Waals surface area contributed by atoms with Crippen LogP contribution in [-0.2, 0) is 4.74 Å². The molecule has 1 fully saturated rings. The molecule has 3 heterocycles. The second-order valence-electron chi connectivity index (χ2n) is 6.17. The summed E-state index contributed by atoms with van der Waals surface area (Å²) in [5.41, 5.74) is 1.90. The molecule has 2 N–H and O–H groups in total. The summed E-state index contributed by atoms with van der Waals surface area (Å²) in [4.78, 5) is 31.6. The number of imidazole rings is 1. The van der Waals surface area contributed by atoms with Crippen molar-refractivity contribution in [2.45, 2.75) is 6.10 Å². The Labute approximate surface area is 153 Å². The van der Waals surface area contributed by atoms with Crippen LogP contribution in [0, 0.1) is 0 Å². The standard InChI is InChI=1S/C18H18N4O5/c23-17-20-14-3-1-2-4-15(14)22(17)12-5-6-16(19-9-12)27-11-13-10-21(18(24)25)7-8-26-13/h1-6,9,13H,7-8,10-11H2,(H,20,23)(H,24,25)/t13-/m0/s1. The normalized spacial score (nSPS) is 17.2. The van der Waals surface area contributed by atoms with E-state index in [9.17, 15) is 9.59 Å². The number of carboxylic acid groups (broad SMARTS) is 1. The molecule has 9 heteroatoms. The van der Waals surface area contributed by atoms with Crippen LogP contribution in [0.3, 0.4) is 0 Å². The van der Waals surface area contributed by atoms with Crippen LogP contribution in [0.15, 0.2) is 47.4 Å². The SMILES string of the molecule is O=C(O)N1CCO[C@H](COc2ccc(-n3c(=O)[nH]c4ccccc43)cn2)C1. The molecule has 0 aliphatic carbocycles. The number of para-hydroxylation sites is 2. The van der Waals surface area contributed by atoms with Gasteiger partial charge in [-0.25, -0.2) is 14.6 Å². The number of rotatable bonds is 4. The molecule has 0 spiro atoms. The number of carbonyl (C=O) groups is 1. The van der Waals surface area contributed by atoms with Gasteiger partial charge in [-0.15, -0.1) is 0 Å². The molecular weight excluding hydrogens is 352 g/mol. The first-order valence-corrected chi connectivity index (χ1v) is 8.50. The molecule has 1 atom stereocenters. The fourth-order valence-electron chi connectivity index (χ4n) is 3.07. The number of nitrogens with one attached hydrogen (secondary N) is 1. The maximum Gasteiger partial charge on any atom is 0.407 e. The Kier molecular flexibility index (Phi) is 4.51. The van der Waals surface area contributed by atoms with Crippen molar-refractivity contribution in [3.05, 3.63) is 53.1 Å².